The fourth-order valence-electron chi connectivity index (χ4n) is 4.46. The van der Waals surface area contributed by atoms with E-state index in [1.54, 1.807) is 11.3 Å². The quantitative estimate of drug-likeness (QED) is 0.594. The molecule has 5 nitrogen and oxygen atoms in total. The molecule has 3 aliphatic rings. The van der Waals surface area contributed by atoms with Crippen LogP contribution < -0.4 is 5.32 Å². The van der Waals surface area contributed by atoms with E-state index in [9.17, 15) is 4.79 Å². The number of carbonyl (C=O) groups is 1. The summed E-state index contributed by atoms with van der Waals surface area (Å²) in [5.74, 6) is 1.34. The van der Waals surface area contributed by atoms with Gasteiger partial charge in [-0.2, -0.15) is 11.3 Å². The van der Waals surface area contributed by atoms with E-state index in [2.05, 4.69) is 15.3 Å². The number of fused-ring (bicyclic) bond motifs is 3. The molecule has 5 rings (SSSR count). The number of rotatable bonds is 5. The summed E-state index contributed by atoms with van der Waals surface area (Å²) in [6, 6.07) is 3.97. The van der Waals surface area contributed by atoms with Gasteiger partial charge in [0.2, 0.25) is 5.28 Å². The third kappa shape index (κ3) is 3.45. The highest BCUT2D eigenvalue weighted by molar-refractivity contribution is 7.08. The molecule has 0 aliphatic heterocycles. The van der Waals surface area contributed by atoms with Crippen molar-refractivity contribution >= 4 is 34.7 Å². The third-order valence-electron chi connectivity index (χ3n) is 5.61. The molecule has 2 aromatic rings. The predicted octanol–water partition coefficient (Wildman–Crippen LogP) is 4.64. The van der Waals surface area contributed by atoms with Gasteiger partial charge in [0.25, 0.3) is 0 Å². The molecule has 0 radical (unpaired) electrons. The van der Waals surface area contributed by atoms with Crippen molar-refractivity contribution in [3.63, 3.8) is 0 Å². The lowest BCUT2D eigenvalue weighted by Gasteiger charge is -2.47. The number of ether oxygens (including phenoxy) is 1. The normalized spacial score (nSPS) is 27.3. The average Bonchev–Trinajstić information content (AvgIpc) is 3.17. The summed E-state index contributed by atoms with van der Waals surface area (Å²) in [6.45, 7) is 2.28. The maximum atomic E-state index is 12.6. The van der Waals surface area contributed by atoms with Gasteiger partial charge in [-0.15, -0.1) is 0 Å². The molecular weight excluding hydrogens is 370 g/mol. The summed E-state index contributed by atoms with van der Waals surface area (Å²) in [7, 11) is 0. The molecule has 0 spiro atoms. The summed E-state index contributed by atoms with van der Waals surface area (Å²) in [5.41, 5.74) is 1.82. The van der Waals surface area contributed by atoms with Crippen LogP contribution in [-0.4, -0.2) is 28.6 Å². The number of thiophene rings is 1. The first-order valence-corrected chi connectivity index (χ1v) is 10.5. The van der Waals surface area contributed by atoms with E-state index in [4.69, 9.17) is 16.3 Å². The topological polar surface area (TPSA) is 64.1 Å². The van der Waals surface area contributed by atoms with E-state index >= 15 is 0 Å². The molecule has 2 heterocycles. The number of nitrogens with one attached hydrogen (secondary N) is 1. The molecule has 3 saturated carbocycles. The van der Waals surface area contributed by atoms with Crippen molar-refractivity contribution in [1.29, 1.82) is 0 Å². The summed E-state index contributed by atoms with van der Waals surface area (Å²) < 4.78 is 5.37. The van der Waals surface area contributed by atoms with Gasteiger partial charge in [-0.1, -0.05) is 0 Å². The van der Waals surface area contributed by atoms with Gasteiger partial charge in [-0.25, -0.2) is 9.97 Å². The minimum atomic E-state index is -0.110. The maximum Gasteiger partial charge on any atom is 0.311 e. The second kappa shape index (κ2) is 7.53. The fourth-order valence-corrected chi connectivity index (χ4v) is 5.29. The number of esters is 1. The van der Waals surface area contributed by atoms with Gasteiger partial charge in [0.1, 0.15) is 5.82 Å². The Labute approximate surface area is 162 Å². The lowest BCUT2D eigenvalue weighted by molar-refractivity contribution is -0.154. The molecule has 2 aromatic heterocycles. The Morgan fingerprint density at radius 3 is 2.77 bits per heavy atom. The molecule has 7 heteroatoms. The van der Waals surface area contributed by atoms with E-state index in [0.29, 0.717) is 24.3 Å². The molecule has 0 aromatic carbocycles. The highest BCUT2D eigenvalue weighted by Crippen LogP contribution is 2.46. The maximum absolute atomic E-state index is 12.6. The fraction of sp³-hybridized carbons (Fsp3) is 0.526. The van der Waals surface area contributed by atoms with Gasteiger partial charge in [-0.05, 0) is 67.5 Å². The molecule has 2 atom stereocenters. The molecule has 26 heavy (non-hydrogen) atoms. The average molecular weight is 392 g/mol. The molecule has 0 unspecified atom stereocenters. The number of nitrogens with zero attached hydrogens (tertiary/aromatic N) is 2. The predicted molar refractivity (Wildman–Crippen MR) is 103 cm³/mol. The van der Waals surface area contributed by atoms with E-state index < -0.39 is 0 Å². The zero-order chi connectivity index (χ0) is 18.1. The van der Waals surface area contributed by atoms with E-state index in [1.807, 2.05) is 29.8 Å². The molecule has 0 saturated heterocycles. The standard InChI is InChI=1S/C19H22ClN3O2S/c1-2-25-18(24)16-11-3-5-12(6-4-11)17(16)22-15-9-14(21-19(20)23-15)13-7-8-26-10-13/h7-12,16-17H,2-6H2,1H3,(H,21,22,23)/t11?,12?,16-,17-/m1/s1. The molecule has 0 amide bonds. The highest BCUT2D eigenvalue weighted by Gasteiger charge is 2.48. The van der Waals surface area contributed by atoms with E-state index in [-0.39, 0.29) is 23.2 Å². The van der Waals surface area contributed by atoms with Crippen molar-refractivity contribution in [1.82, 2.24) is 9.97 Å². The van der Waals surface area contributed by atoms with Gasteiger partial charge in [0, 0.05) is 23.1 Å². The number of anilines is 1. The molecule has 1 N–H and O–H groups in total. The van der Waals surface area contributed by atoms with Crippen LogP contribution in [-0.2, 0) is 9.53 Å². The Kier molecular flexibility index (Phi) is 5.14. The molecular formula is C19H22ClN3O2S. The van der Waals surface area contributed by atoms with Crippen LogP contribution in [0.15, 0.2) is 22.9 Å². The van der Waals surface area contributed by atoms with Crippen LogP contribution >= 0.6 is 22.9 Å². The summed E-state index contributed by atoms with van der Waals surface area (Å²) in [6.07, 6.45) is 4.51. The largest absolute Gasteiger partial charge is 0.466 e. The van der Waals surface area contributed by atoms with Gasteiger partial charge in [0.05, 0.1) is 18.2 Å². The zero-order valence-corrected chi connectivity index (χ0v) is 16.2. The Hall–Kier alpha value is -1.66. The van der Waals surface area contributed by atoms with E-state index in [0.717, 1.165) is 36.9 Å². The van der Waals surface area contributed by atoms with Crippen LogP contribution in [0.25, 0.3) is 11.3 Å². The van der Waals surface area contributed by atoms with Gasteiger partial charge in [0.15, 0.2) is 0 Å². The van der Waals surface area contributed by atoms with Crippen LogP contribution in [0.2, 0.25) is 5.28 Å². The number of hydrogen-bond donors (Lipinski definition) is 1. The highest BCUT2D eigenvalue weighted by atomic mass is 35.5. The van der Waals surface area contributed by atoms with Crippen LogP contribution in [0.1, 0.15) is 32.6 Å². The molecule has 3 fully saturated rings. The Morgan fingerprint density at radius 1 is 1.31 bits per heavy atom. The minimum absolute atomic E-state index is 0.0443. The SMILES string of the molecule is CCOC(=O)[C@@H]1C2CCC(CC2)[C@H]1Nc1cc(-c2ccsc2)nc(Cl)n1. The Balaban J connectivity index is 1.61. The van der Waals surface area contributed by atoms with Crippen molar-refractivity contribution in [3.05, 3.63) is 28.2 Å². The van der Waals surface area contributed by atoms with Crippen LogP contribution in [0.5, 0.6) is 0 Å². The van der Waals surface area contributed by atoms with Crippen molar-refractivity contribution in [3.8, 4) is 11.3 Å². The Bertz CT molecular complexity index is 775. The van der Waals surface area contributed by atoms with Crippen molar-refractivity contribution in [2.75, 3.05) is 11.9 Å². The number of carbonyl (C=O) groups excluding carboxylic acids is 1. The molecule has 2 bridgehead atoms. The van der Waals surface area contributed by atoms with Gasteiger partial charge >= 0.3 is 5.97 Å². The third-order valence-corrected chi connectivity index (χ3v) is 6.46. The van der Waals surface area contributed by atoms with Crippen LogP contribution in [0.4, 0.5) is 5.82 Å². The second-order valence-corrected chi connectivity index (χ2v) is 8.16. The molecule has 138 valence electrons. The second-order valence-electron chi connectivity index (χ2n) is 7.04. The van der Waals surface area contributed by atoms with Gasteiger partial charge < -0.3 is 10.1 Å². The van der Waals surface area contributed by atoms with E-state index in [1.165, 1.54) is 0 Å². The zero-order valence-electron chi connectivity index (χ0n) is 14.7. The first-order valence-electron chi connectivity index (χ1n) is 9.16. The van der Waals surface area contributed by atoms with Crippen molar-refractivity contribution < 1.29 is 9.53 Å². The monoisotopic (exact) mass is 391 g/mol. The first kappa shape index (κ1) is 17.7. The Morgan fingerprint density at radius 2 is 2.08 bits per heavy atom. The van der Waals surface area contributed by atoms with Crippen molar-refractivity contribution in [2.24, 2.45) is 17.8 Å². The lowest BCUT2D eigenvalue weighted by atomic mass is 9.61. The number of hydrogen-bond acceptors (Lipinski definition) is 6. The lowest BCUT2D eigenvalue weighted by Crippen LogP contribution is -2.52. The molecule has 3 aliphatic carbocycles. The van der Waals surface area contributed by atoms with Crippen LogP contribution in [0.3, 0.4) is 0 Å². The van der Waals surface area contributed by atoms with Crippen molar-refractivity contribution in [2.45, 2.75) is 38.6 Å². The summed E-state index contributed by atoms with van der Waals surface area (Å²) in [5, 5.41) is 7.77. The minimum Gasteiger partial charge on any atom is -0.466 e. The number of aromatic nitrogens is 2. The summed E-state index contributed by atoms with van der Waals surface area (Å²) >= 11 is 7.78. The summed E-state index contributed by atoms with van der Waals surface area (Å²) in [4.78, 5) is 21.3. The van der Waals surface area contributed by atoms with Crippen LogP contribution in [0, 0.1) is 17.8 Å². The van der Waals surface area contributed by atoms with Gasteiger partial charge in [-0.3, -0.25) is 4.79 Å². The first-order chi connectivity index (χ1) is 12.7. The number of halogens is 1. The smallest absolute Gasteiger partial charge is 0.311 e.